The summed E-state index contributed by atoms with van der Waals surface area (Å²) in [4.78, 5) is 14.6. The first-order valence-corrected chi connectivity index (χ1v) is 8.47. The van der Waals surface area contributed by atoms with E-state index in [0.29, 0.717) is 24.1 Å². The van der Waals surface area contributed by atoms with E-state index in [2.05, 4.69) is 41.4 Å². The third kappa shape index (κ3) is 4.15. The second-order valence-electron chi connectivity index (χ2n) is 6.63. The van der Waals surface area contributed by atoms with Crippen molar-refractivity contribution in [2.45, 2.75) is 25.9 Å². The van der Waals surface area contributed by atoms with Gasteiger partial charge in [0.2, 0.25) is 0 Å². The highest BCUT2D eigenvalue weighted by Gasteiger charge is 2.29. The Morgan fingerprint density at radius 2 is 2.00 bits per heavy atom. The van der Waals surface area contributed by atoms with Crippen molar-refractivity contribution in [1.29, 1.82) is 0 Å². The number of hydrogen-bond acceptors (Lipinski definition) is 3. The molecule has 24 heavy (non-hydrogen) atoms. The number of aromatic hydroxyl groups is 1. The number of likely N-dealkylation sites (tertiary alicyclic amines) is 1. The van der Waals surface area contributed by atoms with Crippen LogP contribution in [0.25, 0.3) is 0 Å². The Morgan fingerprint density at radius 1 is 1.21 bits per heavy atom. The van der Waals surface area contributed by atoms with Crippen molar-refractivity contribution in [3.8, 4) is 5.75 Å². The molecule has 126 valence electrons. The monoisotopic (exact) mass is 324 g/mol. The molecule has 3 rings (SSSR count). The van der Waals surface area contributed by atoms with Crippen molar-refractivity contribution >= 4 is 5.91 Å². The third-order valence-electron chi connectivity index (χ3n) is 4.68. The lowest BCUT2D eigenvalue weighted by Crippen LogP contribution is -2.31. The van der Waals surface area contributed by atoms with Crippen molar-refractivity contribution in [3.63, 3.8) is 0 Å². The number of carbonyl (C=O) groups is 1. The highest BCUT2D eigenvalue weighted by atomic mass is 16.3. The molecule has 0 aliphatic carbocycles. The smallest absolute Gasteiger partial charge is 0.251 e. The van der Waals surface area contributed by atoms with Crippen molar-refractivity contribution in [2.24, 2.45) is 5.92 Å². The normalized spacial score (nSPS) is 20.9. The Morgan fingerprint density at radius 3 is 2.75 bits per heavy atom. The molecule has 1 fully saturated rings. The lowest BCUT2D eigenvalue weighted by Gasteiger charge is -2.21. The largest absolute Gasteiger partial charge is 0.508 e. The van der Waals surface area contributed by atoms with E-state index in [1.807, 2.05) is 6.07 Å². The van der Waals surface area contributed by atoms with Crippen molar-refractivity contribution in [1.82, 2.24) is 10.2 Å². The van der Waals surface area contributed by atoms with E-state index < -0.39 is 0 Å². The van der Waals surface area contributed by atoms with Crippen LogP contribution in [0.15, 0.2) is 54.6 Å². The first-order chi connectivity index (χ1) is 11.6. The van der Waals surface area contributed by atoms with Gasteiger partial charge in [0.15, 0.2) is 0 Å². The van der Waals surface area contributed by atoms with Gasteiger partial charge in [0.05, 0.1) is 0 Å². The van der Waals surface area contributed by atoms with Crippen LogP contribution in [0.1, 0.15) is 29.3 Å². The summed E-state index contributed by atoms with van der Waals surface area (Å²) in [6.45, 7) is 4.87. The van der Waals surface area contributed by atoms with E-state index in [1.54, 1.807) is 18.2 Å². The molecule has 2 aromatic rings. The molecule has 2 atom stereocenters. The lowest BCUT2D eigenvalue weighted by molar-refractivity contribution is 0.0947. The Bertz CT molecular complexity index is 687. The van der Waals surface area contributed by atoms with Crippen LogP contribution in [-0.4, -0.2) is 35.0 Å². The maximum Gasteiger partial charge on any atom is 0.251 e. The van der Waals surface area contributed by atoms with Crippen molar-refractivity contribution in [3.05, 3.63) is 65.7 Å². The van der Waals surface area contributed by atoms with Crippen LogP contribution < -0.4 is 5.32 Å². The molecule has 0 aromatic heterocycles. The number of nitrogens with one attached hydrogen (secondary N) is 1. The average Bonchev–Trinajstić information content (AvgIpc) is 2.93. The minimum absolute atomic E-state index is 0.117. The first-order valence-electron chi connectivity index (χ1n) is 8.47. The molecule has 0 unspecified atom stereocenters. The van der Waals surface area contributed by atoms with Gasteiger partial charge in [-0.1, -0.05) is 36.4 Å². The molecule has 4 nitrogen and oxygen atoms in total. The van der Waals surface area contributed by atoms with E-state index >= 15 is 0 Å². The maximum atomic E-state index is 12.2. The number of phenolic OH excluding ortho intramolecular Hbond substituents is 1. The number of amides is 1. The van der Waals surface area contributed by atoms with E-state index in [1.165, 1.54) is 11.6 Å². The zero-order chi connectivity index (χ0) is 16.9. The molecule has 1 aliphatic heterocycles. The number of carbonyl (C=O) groups excluding carboxylic acids is 1. The summed E-state index contributed by atoms with van der Waals surface area (Å²) in [5.74, 6) is 0.455. The molecular formula is C20H24N2O2. The predicted octanol–water partition coefficient (Wildman–Crippen LogP) is 3.03. The Hall–Kier alpha value is -2.33. The summed E-state index contributed by atoms with van der Waals surface area (Å²) < 4.78 is 0. The number of nitrogens with zero attached hydrogens (tertiary/aromatic N) is 1. The topological polar surface area (TPSA) is 52.6 Å². The average molecular weight is 324 g/mol. The summed E-state index contributed by atoms with van der Waals surface area (Å²) in [6, 6.07) is 17.5. The first kappa shape index (κ1) is 16.5. The molecule has 2 aromatic carbocycles. The van der Waals surface area contributed by atoms with E-state index in [-0.39, 0.29) is 11.7 Å². The van der Waals surface area contributed by atoms with Gasteiger partial charge in [-0.05, 0) is 43.0 Å². The van der Waals surface area contributed by atoms with Crippen LogP contribution in [-0.2, 0) is 6.54 Å². The Balaban J connectivity index is 1.51. The van der Waals surface area contributed by atoms with E-state index in [0.717, 1.165) is 19.5 Å². The summed E-state index contributed by atoms with van der Waals surface area (Å²) in [5, 5.41) is 12.5. The van der Waals surface area contributed by atoms with Crippen molar-refractivity contribution < 1.29 is 9.90 Å². The van der Waals surface area contributed by atoms with Gasteiger partial charge in [-0.2, -0.15) is 0 Å². The third-order valence-corrected chi connectivity index (χ3v) is 4.68. The molecule has 2 N–H and O–H groups in total. The molecule has 0 saturated carbocycles. The van der Waals surface area contributed by atoms with Crippen LogP contribution in [0.3, 0.4) is 0 Å². The molecule has 0 spiro atoms. The summed E-state index contributed by atoms with van der Waals surface area (Å²) >= 11 is 0. The minimum atomic E-state index is -0.125. The van der Waals surface area contributed by atoms with Gasteiger partial charge < -0.3 is 10.4 Å². The highest BCUT2D eigenvalue weighted by Crippen LogP contribution is 2.24. The molecule has 1 heterocycles. The summed E-state index contributed by atoms with van der Waals surface area (Å²) in [7, 11) is 0. The molecule has 4 heteroatoms. The number of rotatable bonds is 5. The SMILES string of the molecule is C[C@H]1C[C@@H](CNC(=O)c2cccc(O)c2)CN1Cc1ccccc1. The van der Waals surface area contributed by atoms with Gasteiger partial charge in [-0.15, -0.1) is 0 Å². The fourth-order valence-corrected chi connectivity index (χ4v) is 3.39. The van der Waals surface area contributed by atoms with Crippen LogP contribution in [0.2, 0.25) is 0 Å². The van der Waals surface area contributed by atoms with Crippen LogP contribution >= 0.6 is 0 Å². The zero-order valence-electron chi connectivity index (χ0n) is 14.0. The van der Waals surface area contributed by atoms with Crippen LogP contribution in [0, 0.1) is 5.92 Å². The second-order valence-corrected chi connectivity index (χ2v) is 6.63. The van der Waals surface area contributed by atoms with Crippen LogP contribution in [0.5, 0.6) is 5.75 Å². The summed E-state index contributed by atoms with van der Waals surface area (Å²) in [5.41, 5.74) is 1.83. The van der Waals surface area contributed by atoms with Gasteiger partial charge in [-0.3, -0.25) is 9.69 Å². The summed E-state index contributed by atoms with van der Waals surface area (Å²) in [6.07, 6.45) is 1.09. The van der Waals surface area contributed by atoms with Gasteiger partial charge in [0.1, 0.15) is 5.75 Å². The fourth-order valence-electron chi connectivity index (χ4n) is 3.39. The number of benzene rings is 2. The van der Waals surface area contributed by atoms with Gasteiger partial charge >= 0.3 is 0 Å². The number of hydrogen-bond donors (Lipinski definition) is 2. The predicted molar refractivity (Wildman–Crippen MR) is 94.9 cm³/mol. The minimum Gasteiger partial charge on any atom is -0.508 e. The van der Waals surface area contributed by atoms with Gasteiger partial charge in [-0.25, -0.2) is 0 Å². The molecular weight excluding hydrogens is 300 g/mol. The van der Waals surface area contributed by atoms with Crippen LogP contribution in [0.4, 0.5) is 0 Å². The van der Waals surface area contributed by atoms with Gasteiger partial charge in [0, 0.05) is 31.2 Å². The molecule has 1 aliphatic rings. The Labute approximate surface area is 143 Å². The zero-order valence-corrected chi connectivity index (χ0v) is 14.0. The van der Waals surface area contributed by atoms with Gasteiger partial charge in [0.25, 0.3) is 5.91 Å². The molecule has 0 bridgehead atoms. The molecule has 1 amide bonds. The maximum absolute atomic E-state index is 12.2. The number of phenols is 1. The van der Waals surface area contributed by atoms with Crippen molar-refractivity contribution in [2.75, 3.05) is 13.1 Å². The standard InChI is InChI=1S/C20H24N2O2/c1-15-10-17(14-22(15)13-16-6-3-2-4-7-16)12-21-20(24)18-8-5-9-19(23)11-18/h2-9,11,15,17,23H,10,12-14H2,1H3,(H,21,24)/t15-,17-/m0/s1. The molecule has 1 saturated heterocycles. The van der Waals surface area contributed by atoms with E-state index in [4.69, 9.17) is 0 Å². The molecule has 0 radical (unpaired) electrons. The van der Waals surface area contributed by atoms with E-state index in [9.17, 15) is 9.90 Å². The fraction of sp³-hybridized carbons (Fsp3) is 0.350. The Kier molecular flexibility index (Phi) is 5.16. The lowest BCUT2D eigenvalue weighted by atomic mass is 10.1. The highest BCUT2D eigenvalue weighted by molar-refractivity contribution is 5.94. The second kappa shape index (κ2) is 7.49. The quantitative estimate of drug-likeness (QED) is 0.889.